The number of ether oxygens (including phenoxy) is 2. The summed E-state index contributed by atoms with van der Waals surface area (Å²) in [5.41, 5.74) is 4.38. The van der Waals surface area contributed by atoms with Gasteiger partial charge in [0.1, 0.15) is 12.4 Å². The minimum atomic E-state index is 0.0378. The number of rotatable bonds is 8. The molecule has 6 heteroatoms. The largest absolute Gasteiger partial charge is 0.618 e. The highest BCUT2D eigenvalue weighted by Crippen LogP contribution is 2.31. The maximum absolute atomic E-state index is 12.8. The number of fused-ring (bicyclic) bond motifs is 3. The number of pyridine rings is 1. The lowest BCUT2D eigenvalue weighted by atomic mass is 10.0. The van der Waals surface area contributed by atoms with Crippen LogP contribution in [0.4, 0.5) is 0 Å². The van der Waals surface area contributed by atoms with Crippen LogP contribution in [0, 0.1) is 5.21 Å². The third-order valence-corrected chi connectivity index (χ3v) is 5.89. The maximum Gasteiger partial charge on any atom is 0.229 e. The fourth-order valence-electron chi connectivity index (χ4n) is 4.26. The molecule has 0 aliphatic heterocycles. The molecular weight excluding hydrogens is 414 g/mol. The number of benzene rings is 3. The van der Waals surface area contributed by atoms with Crippen molar-refractivity contribution in [2.24, 2.45) is 0 Å². The number of nitrogens with zero attached hydrogens (tertiary/aromatic N) is 3. The van der Waals surface area contributed by atoms with Gasteiger partial charge in [0, 0.05) is 13.7 Å². The Hall–Kier alpha value is -3.90. The summed E-state index contributed by atoms with van der Waals surface area (Å²) >= 11 is 0. The molecule has 2 heterocycles. The number of methoxy groups -OCH3 is 1. The van der Waals surface area contributed by atoms with E-state index in [1.807, 2.05) is 67.0 Å². The Balaban J connectivity index is 1.57. The Kier molecular flexibility index (Phi) is 5.91. The standard InChI is InChI=1S/C27H25N3O3/c1-32-15-14-25(21-10-6-3-7-11-21)29-19-28-24-17-30(31)26-16-22(12-13-23(26)27(24)29)33-18-20-8-4-2-5-9-20/h2-13,16-17,19,25H,14-15,18H2,1H3. The first-order chi connectivity index (χ1) is 16.2. The first-order valence-electron chi connectivity index (χ1n) is 11.0. The molecule has 2 aromatic heterocycles. The number of imidazole rings is 1. The first kappa shape index (κ1) is 21.0. The summed E-state index contributed by atoms with van der Waals surface area (Å²) in [6.45, 7) is 1.06. The summed E-state index contributed by atoms with van der Waals surface area (Å²) in [6.07, 6.45) is 4.14. The van der Waals surface area contributed by atoms with Gasteiger partial charge in [0.15, 0.2) is 5.52 Å². The first-order valence-corrected chi connectivity index (χ1v) is 11.0. The zero-order valence-electron chi connectivity index (χ0n) is 18.4. The number of hydrogen-bond donors (Lipinski definition) is 0. The van der Waals surface area contributed by atoms with E-state index in [0.29, 0.717) is 30.0 Å². The SMILES string of the molecule is COCCC(c1ccccc1)n1cnc2c[n+]([O-])c3cc(OCc4ccccc4)ccc3c21. The van der Waals surface area contributed by atoms with Gasteiger partial charge in [-0.3, -0.25) is 0 Å². The van der Waals surface area contributed by atoms with Crippen LogP contribution in [0.1, 0.15) is 23.6 Å². The topological polar surface area (TPSA) is 63.2 Å². The molecule has 0 amide bonds. The predicted molar refractivity (Wildman–Crippen MR) is 128 cm³/mol. The molecule has 0 bridgehead atoms. The molecule has 5 aromatic rings. The molecule has 5 rings (SSSR count). The summed E-state index contributed by atoms with van der Waals surface area (Å²) in [6, 6.07) is 26.0. The van der Waals surface area contributed by atoms with E-state index in [-0.39, 0.29) is 6.04 Å². The molecule has 1 atom stereocenters. The van der Waals surface area contributed by atoms with Crippen LogP contribution in [-0.2, 0) is 11.3 Å². The van der Waals surface area contributed by atoms with E-state index in [1.54, 1.807) is 13.2 Å². The monoisotopic (exact) mass is 439 g/mol. The second kappa shape index (κ2) is 9.30. The van der Waals surface area contributed by atoms with Crippen LogP contribution >= 0.6 is 0 Å². The third kappa shape index (κ3) is 4.25. The molecule has 6 nitrogen and oxygen atoms in total. The van der Waals surface area contributed by atoms with E-state index >= 15 is 0 Å². The second-order valence-corrected chi connectivity index (χ2v) is 8.00. The van der Waals surface area contributed by atoms with Crippen LogP contribution in [0.5, 0.6) is 5.75 Å². The summed E-state index contributed by atoms with van der Waals surface area (Å²) < 4.78 is 14.4. The van der Waals surface area contributed by atoms with Gasteiger partial charge in [0.25, 0.3) is 0 Å². The Bertz CT molecular complexity index is 1370. The number of aromatic nitrogens is 3. The van der Waals surface area contributed by atoms with E-state index in [0.717, 1.165) is 27.6 Å². The highest BCUT2D eigenvalue weighted by atomic mass is 16.5. The van der Waals surface area contributed by atoms with E-state index in [9.17, 15) is 5.21 Å². The van der Waals surface area contributed by atoms with Gasteiger partial charge in [0.05, 0.1) is 29.3 Å². The van der Waals surface area contributed by atoms with Crippen LogP contribution in [0.25, 0.3) is 21.9 Å². The summed E-state index contributed by atoms with van der Waals surface area (Å²) in [4.78, 5) is 4.55. The zero-order valence-corrected chi connectivity index (χ0v) is 18.4. The van der Waals surface area contributed by atoms with Crippen molar-refractivity contribution in [2.75, 3.05) is 13.7 Å². The third-order valence-electron chi connectivity index (χ3n) is 5.89. The molecule has 3 aromatic carbocycles. The molecular formula is C27H25N3O3. The van der Waals surface area contributed by atoms with Crippen LogP contribution in [0.15, 0.2) is 91.4 Å². The lowest BCUT2D eigenvalue weighted by Crippen LogP contribution is -2.26. The second-order valence-electron chi connectivity index (χ2n) is 8.00. The quantitative estimate of drug-likeness (QED) is 0.251. The summed E-state index contributed by atoms with van der Waals surface area (Å²) in [5.74, 6) is 0.653. The predicted octanol–water partition coefficient (Wildman–Crippen LogP) is 5.03. The minimum absolute atomic E-state index is 0.0378. The van der Waals surface area contributed by atoms with Crippen molar-refractivity contribution in [1.82, 2.24) is 9.55 Å². The molecule has 0 fully saturated rings. The number of hydrogen-bond acceptors (Lipinski definition) is 4. The molecule has 166 valence electrons. The molecule has 0 saturated heterocycles. The molecule has 1 unspecified atom stereocenters. The Morgan fingerprint density at radius 3 is 2.52 bits per heavy atom. The Morgan fingerprint density at radius 2 is 1.76 bits per heavy atom. The molecule has 0 spiro atoms. The lowest BCUT2D eigenvalue weighted by Gasteiger charge is -2.20. The van der Waals surface area contributed by atoms with Gasteiger partial charge < -0.3 is 19.2 Å². The average Bonchev–Trinajstić information content (AvgIpc) is 3.28. The molecule has 0 aliphatic carbocycles. The van der Waals surface area contributed by atoms with Gasteiger partial charge >= 0.3 is 0 Å². The van der Waals surface area contributed by atoms with Gasteiger partial charge in [0.2, 0.25) is 11.7 Å². The average molecular weight is 440 g/mol. The van der Waals surface area contributed by atoms with Gasteiger partial charge in [-0.15, -0.1) is 0 Å². The molecule has 0 aliphatic rings. The van der Waals surface area contributed by atoms with Crippen molar-refractivity contribution in [3.8, 4) is 5.75 Å². The normalized spacial score (nSPS) is 12.3. The highest BCUT2D eigenvalue weighted by molar-refractivity contribution is 6.01. The van der Waals surface area contributed by atoms with Crippen molar-refractivity contribution >= 4 is 21.9 Å². The van der Waals surface area contributed by atoms with Gasteiger partial charge in [-0.2, -0.15) is 4.73 Å². The van der Waals surface area contributed by atoms with Crippen molar-refractivity contribution in [3.63, 3.8) is 0 Å². The zero-order chi connectivity index (χ0) is 22.6. The maximum atomic E-state index is 12.8. The summed E-state index contributed by atoms with van der Waals surface area (Å²) in [5, 5.41) is 13.7. The molecule has 0 N–H and O–H groups in total. The van der Waals surface area contributed by atoms with Crippen LogP contribution in [-0.4, -0.2) is 23.3 Å². The van der Waals surface area contributed by atoms with Crippen LogP contribution in [0.3, 0.4) is 0 Å². The van der Waals surface area contributed by atoms with Crippen LogP contribution < -0.4 is 9.47 Å². The van der Waals surface area contributed by atoms with E-state index < -0.39 is 0 Å². The molecule has 0 saturated carbocycles. The van der Waals surface area contributed by atoms with Crippen molar-refractivity contribution in [2.45, 2.75) is 19.1 Å². The van der Waals surface area contributed by atoms with E-state index in [1.165, 1.54) is 11.8 Å². The Morgan fingerprint density at radius 1 is 1.00 bits per heavy atom. The van der Waals surface area contributed by atoms with E-state index in [4.69, 9.17) is 9.47 Å². The van der Waals surface area contributed by atoms with Gasteiger partial charge in [-0.25, -0.2) is 4.98 Å². The molecule has 0 radical (unpaired) electrons. The fraction of sp³-hybridized carbons (Fsp3) is 0.185. The lowest BCUT2D eigenvalue weighted by molar-refractivity contribution is -0.575. The summed E-state index contributed by atoms with van der Waals surface area (Å²) in [7, 11) is 1.71. The fourth-order valence-corrected chi connectivity index (χ4v) is 4.26. The smallest absolute Gasteiger partial charge is 0.229 e. The van der Waals surface area contributed by atoms with Crippen molar-refractivity contribution in [3.05, 3.63) is 108 Å². The minimum Gasteiger partial charge on any atom is -0.618 e. The van der Waals surface area contributed by atoms with Crippen LogP contribution in [0.2, 0.25) is 0 Å². The molecule has 33 heavy (non-hydrogen) atoms. The van der Waals surface area contributed by atoms with E-state index in [2.05, 4.69) is 21.7 Å². The van der Waals surface area contributed by atoms with Crippen molar-refractivity contribution in [1.29, 1.82) is 0 Å². The Labute approximate surface area is 192 Å². The van der Waals surface area contributed by atoms with Crippen molar-refractivity contribution < 1.29 is 14.2 Å². The van der Waals surface area contributed by atoms with Gasteiger partial charge in [-0.05, 0) is 29.7 Å². The highest BCUT2D eigenvalue weighted by Gasteiger charge is 2.21. The van der Waals surface area contributed by atoms with Gasteiger partial charge in [-0.1, -0.05) is 60.7 Å².